The second-order valence-corrected chi connectivity index (χ2v) is 19.9. The lowest BCUT2D eigenvalue weighted by Gasteiger charge is -2.36. The minimum absolute atomic E-state index is 0.166. The van der Waals surface area contributed by atoms with Gasteiger partial charge in [-0.05, 0) is 87.3 Å². The van der Waals surface area contributed by atoms with Gasteiger partial charge in [-0.3, -0.25) is 19.1 Å². The van der Waals surface area contributed by atoms with Gasteiger partial charge in [0.1, 0.15) is 35.5 Å². The SMILES string of the molecule is C[C@@H]1[C@@H]2CN(C(=O)[C@H](C(C)(C)C)NC(=O)O[C@@H]3CCC[C@H]3CCCCCc3nc4ccc(Cl)cc4nc3O2)[C@@H]1C(=O)N[C@]1(C(=O)NS(=O)(=O)C2CC2)C[C@H]1C(F)F. The number of aromatic nitrogens is 2. The van der Waals surface area contributed by atoms with Crippen LogP contribution in [0.5, 0.6) is 5.88 Å². The number of nitrogens with one attached hydrogen (secondary N) is 3. The number of carbonyl (C=O) groups excluding carboxylic acids is 4. The number of halogens is 3. The fraction of sp³-hybridized carbons (Fsp3) is 0.692. The predicted molar refractivity (Wildman–Crippen MR) is 205 cm³/mol. The molecule has 312 valence electrons. The highest BCUT2D eigenvalue weighted by molar-refractivity contribution is 7.91. The van der Waals surface area contributed by atoms with E-state index in [0.29, 0.717) is 47.4 Å². The summed E-state index contributed by atoms with van der Waals surface area (Å²) in [4.78, 5) is 67.2. The fourth-order valence-corrected chi connectivity index (χ4v) is 10.2. The standard InChI is InChI=1S/C39H51ClF2N6O8S/c1-20-29-19-48(30(20)33(49)46-39(18-24(39)32(41)42)36(51)47-57(53,54)23-14-15-23)35(50)31(38(2,3)4)45-37(52)56-28-12-8-10-21(28)9-6-5-7-11-26-34(55-29)44-27-17-22(40)13-16-25(27)43-26/h13,16-17,20-21,23-24,28-32H,5-12,14-15,18-19H2,1-4H3,(H,45,52)(H,46,49)(H,47,51)/t20-,21-,24+,28-,29+,30+,31-,39-/m1/s1. The summed E-state index contributed by atoms with van der Waals surface area (Å²) in [6, 6.07) is 2.53. The molecule has 3 saturated carbocycles. The van der Waals surface area contributed by atoms with E-state index in [1.807, 2.05) is 4.72 Å². The Morgan fingerprint density at radius 1 is 1.00 bits per heavy atom. The smallest absolute Gasteiger partial charge is 0.408 e. The molecule has 57 heavy (non-hydrogen) atoms. The fourth-order valence-electron chi connectivity index (χ4n) is 8.66. The Hall–Kier alpha value is -3.86. The molecular weight excluding hydrogens is 786 g/mol. The lowest BCUT2D eigenvalue weighted by Crippen LogP contribution is -2.61. The molecule has 18 heteroatoms. The first-order chi connectivity index (χ1) is 26.9. The maximum atomic E-state index is 14.8. The second-order valence-electron chi connectivity index (χ2n) is 17.5. The zero-order chi connectivity index (χ0) is 41.0. The van der Waals surface area contributed by atoms with Crippen LogP contribution in [0, 0.1) is 23.2 Å². The summed E-state index contributed by atoms with van der Waals surface area (Å²) in [6.07, 6.45) is 1.58. The predicted octanol–water partition coefficient (Wildman–Crippen LogP) is 5.05. The first kappa shape index (κ1) is 41.3. The molecule has 1 aromatic carbocycles. The molecule has 3 aliphatic carbocycles. The number of nitrogens with zero attached hydrogens (tertiary/aromatic N) is 3. The minimum Gasteiger partial charge on any atom is -0.471 e. The van der Waals surface area contributed by atoms with Gasteiger partial charge >= 0.3 is 6.09 Å². The Morgan fingerprint density at radius 2 is 1.74 bits per heavy atom. The number of sulfonamides is 1. The van der Waals surface area contributed by atoms with Crippen molar-refractivity contribution in [1.82, 2.24) is 30.2 Å². The molecule has 4 amide bonds. The van der Waals surface area contributed by atoms with Gasteiger partial charge in [0.05, 0.1) is 28.7 Å². The van der Waals surface area contributed by atoms with Crippen LogP contribution in [0.3, 0.4) is 0 Å². The summed E-state index contributed by atoms with van der Waals surface area (Å²) in [6.45, 7) is 6.73. The Bertz CT molecular complexity index is 2030. The Morgan fingerprint density at radius 3 is 2.42 bits per heavy atom. The number of rotatable bonds is 6. The number of alkyl halides is 2. The van der Waals surface area contributed by atoms with Crippen molar-refractivity contribution in [3.63, 3.8) is 0 Å². The molecule has 8 atom stereocenters. The maximum absolute atomic E-state index is 14.8. The van der Waals surface area contributed by atoms with Crippen molar-refractivity contribution >= 4 is 56.5 Å². The van der Waals surface area contributed by atoms with Gasteiger partial charge in [-0.15, -0.1) is 0 Å². The summed E-state index contributed by atoms with van der Waals surface area (Å²) in [5, 5.41) is 4.87. The maximum Gasteiger partial charge on any atom is 0.408 e. The van der Waals surface area contributed by atoms with Crippen LogP contribution in [-0.4, -0.2) is 95.2 Å². The van der Waals surface area contributed by atoms with Crippen LogP contribution in [0.1, 0.15) is 97.6 Å². The van der Waals surface area contributed by atoms with E-state index in [1.54, 1.807) is 45.9 Å². The number of hydrogen-bond donors (Lipinski definition) is 3. The van der Waals surface area contributed by atoms with Gasteiger partial charge in [0.25, 0.3) is 5.91 Å². The molecule has 2 bridgehead atoms. The molecule has 0 unspecified atom stereocenters. The highest BCUT2D eigenvalue weighted by Crippen LogP contribution is 2.49. The minimum atomic E-state index is -4.14. The quantitative estimate of drug-likeness (QED) is 0.356. The molecule has 14 nitrogen and oxygen atoms in total. The first-order valence-corrected chi connectivity index (χ1v) is 21.9. The third kappa shape index (κ3) is 8.64. The van der Waals surface area contributed by atoms with Crippen LogP contribution in [0.4, 0.5) is 13.6 Å². The van der Waals surface area contributed by atoms with Crippen molar-refractivity contribution in [2.24, 2.45) is 23.2 Å². The molecule has 1 saturated heterocycles. The van der Waals surface area contributed by atoms with Gasteiger partial charge in [0, 0.05) is 10.9 Å². The van der Waals surface area contributed by atoms with E-state index >= 15 is 0 Å². The molecule has 3 N–H and O–H groups in total. The van der Waals surface area contributed by atoms with Crippen LogP contribution in [0.25, 0.3) is 11.0 Å². The van der Waals surface area contributed by atoms with E-state index in [4.69, 9.17) is 31.0 Å². The number of carbonyl (C=O) groups is 4. The average Bonchev–Trinajstić information content (AvgIpc) is 4.04. The van der Waals surface area contributed by atoms with Gasteiger partial charge in [-0.25, -0.2) is 32.0 Å². The van der Waals surface area contributed by atoms with Crippen molar-refractivity contribution in [3.05, 3.63) is 28.9 Å². The zero-order valence-corrected chi connectivity index (χ0v) is 34.1. The van der Waals surface area contributed by atoms with E-state index in [-0.39, 0.29) is 24.4 Å². The highest BCUT2D eigenvalue weighted by atomic mass is 35.5. The summed E-state index contributed by atoms with van der Waals surface area (Å²) < 4.78 is 68.4. The van der Waals surface area contributed by atoms with E-state index in [2.05, 4.69) is 10.6 Å². The van der Waals surface area contributed by atoms with E-state index in [9.17, 15) is 36.4 Å². The van der Waals surface area contributed by atoms with Crippen molar-refractivity contribution in [3.8, 4) is 5.88 Å². The van der Waals surface area contributed by atoms with Crippen molar-refractivity contribution in [1.29, 1.82) is 0 Å². The van der Waals surface area contributed by atoms with Gasteiger partial charge < -0.3 is 25.0 Å². The highest BCUT2D eigenvalue weighted by Gasteiger charge is 2.67. The van der Waals surface area contributed by atoms with Crippen LogP contribution < -0.4 is 20.1 Å². The number of amides is 4. The number of ether oxygens (including phenoxy) is 2. The molecular formula is C39H51ClF2N6O8S. The van der Waals surface area contributed by atoms with Gasteiger partial charge in [0.15, 0.2) is 0 Å². The second kappa shape index (κ2) is 15.7. The van der Waals surface area contributed by atoms with Gasteiger partial charge in [-0.1, -0.05) is 52.1 Å². The number of fused-ring (bicyclic) bond motifs is 5. The Balaban J connectivity index is 1.25. The van der Waals surface area contributed by atoms with Crippen molar-refractivity contribution in [2.75, 3.05) is 6.54 Å². The third-order valence-electron chi connectivity index (χ3n) is 12.3. The largest absolute Gasteiger partial charge is 0.471 e. The van der Waals surface area contributed by atoms with Gasteiger partial charge in [-0.2, -0.15) is 0 Å². The Labute approximate surface area is 336 Å². The lowest BCUT2D eigenvalue weighted by molar-refractivity contribution is -0.143. The molecule has 0 spiro atoms. The molecule has 0 radical (unpaired) electrons. The molecule has 7 rings (SSSR count). The lowest BCUT2D eigenvalue weighted by atomic mass is 9.85. The summed E-state index contributed by atoms with van der Waals surface area (Å²) in [7, 11) is -4.14. The van der Waals surface area contributed by atoms with Crippen LogP contribution in [0.2, 0.25) is 5.02 Å². The number of hydrogen-bond acceptors (Lipinski definition) is 10. The average molecular weight is 837 g/mol. The molecule has 3 heterocycles. The topological polar surface area (TPSA) is 186 Å². The van der Waals surface area contributed by atoms with Gasteiger partial charge in [0.2, 0.25) is 34.1 Å². The van der Waals surface area contributed by atoms with E-state index in [1.165, 1.54) is 4.90 Å². The van der Waals surface area contributed by atoms with Crippen molar-refractivity contribution in [2.45, 2.75) is 140 Å². The van der Waals surface area contributed by atoms with Crippen molar-refractivity contribution < 1.29 is 45.9 Å². The van der Waals surface area contributed by atoms with E-state index < -0.39 is 92.9 Å². The number of benzene rings is 1. The molecule has 2 aromatic rings. The molecule has 5 aliphatic rings. The summed E-state index contributed by atoms with van der Waals surface area (Å²) in [5.41, 5.74) is -1.47. The van der Waals surface area contributed by atoms with Crippen LogP contribution in [0.15, 0.2) is 18.2 Å². The number of alkyl carbamates (subject to hydrolysis) is 1. The van der Waals surface area contributed by atoms with E-state index in [0.717, 1.165) is 38.5 Å². The molecule has 2 aliphatic heterocycles. The normalized spacial score (nSPS) is 31.3. The first-order valence-electron chi connectivity index (χ1n) is 19.9. The monoisotopic (exact) mass is 836 g/mol. The van der Waals surface area contributed by atoms with Crippen LogP contribution >= 0.6 is 11.6 Å². The third-order valence-corrected chi connectivity index (χ3v) is 14.3. The molecule has 1 aromatic heterocycles. The Kier molecular flexibility index (Phi) is 11.4. The summed E-state index contributed by atoms with van der Waals surface area (Å²) in [5.74, 6) is -4.98. The summed E-state index contributed by atoms with van der Waals surface area (Å²) >= 11 is 6.31. The van der Waals surface area contributed by atoms with Crippen LogP contribution in [-0.2, 0) is 35.6 Å². The molecule has 4 fully saturated rings. The zero-order valence-electron chi connectivity index (χ0n) is 32.6. The number of aryl methyl sites for hydroxylation is 1.